The monoisotopic (exact) mass is 790 g/mol. The number of aryl methyl sites for hydroxylation is 2. The predicted molar refractivity (Wildman–Crippen MR) is 221 cm³/mol. The molecule has 1 aliphatic rings. The van der Waals surface area contributed by atoms with Crippen molar-refractivity contribution in [3.05, 3.63) is 88.3 Å². The Kier molecular flexibility index (Phi) is 15.2. The van der Waals surface area contributed by atoms with Crippen molar-refractivity contribution < 1.29 is 28.4 Å². The lowest BCUT2D eigenvalue weighted by Crippen LogP contribution is -2.41. The van der Waals surface area contributed by atoms with Crippen molar-refractivity contribution in [3.63, 3.8) is 0 Å². The topological polar surface area (TPSA) is 199 Å². The molecule has 2 amide bonds. The number of alkyl carbamates (subject to hydrolysis) is 2. The van der Waals surface area contributed by atoms with E-state index in [1.54, 1.807) is 12.3 Å². The van der Waals surface area contributed by atoms with Crippen molar-refractivity contribution in [1.82, 2.24) is 30.6 Å². The number of nitrogens with one attached hydrogen (secondary N) is 2. The number of halogens is 1. The average Bonchev–Trinajstić information content (AvgIpc) is 3.28. The highest BCUT2D eigenvalue weighted by Crippen LogP contribution is 2.36. The summed E-state index contributed by atoms with van der Waals surface area (Å²) in [5, 5.41) is 5.92. The Bertz CT molecular complexity index is 1930. The SMILES string of the molecule is Cc1cc(-c2ccnc(N)n2)ccc1CNC(=O)OC(C)(C)C.Cc1cc(B2OC(C)(C)C(C)(C)O2)ccc1CNC(=O)OC(C)(C)C.Nc1nccc(Cl)n1. The summed E-state index contributed by atoms with van der Waals surface area (Å²) in [6.07, 6.45) is 2.29. The summed E-state index contributed by atoms with van der Waals surface area (Å²) in [6.45, 7) is 24.0. The van der Waals surface area contributed by atoms with Gasteiger partial charge in [-0.1, -0.05) is 41.9 Å². The number of rotatable bonds is 6. The van der Waals surface area contributed by atoms with Gasteiger partial charge in [-0.25, -0.2) is 29.5 Å². The summed E-state index contributed by atoms with van der Waals surface area (Å²) in [4.78, 5) is 38.8. The van der Waals surface area contributed by atoms with Crippen molar-refractivity contribution in [2.24, 2.45) is 0 Å². The molecule has 302 valence electrons. The van der Waals surface area contributed by atoms with Crippen LogP contribution < -0.4 is 27.6 Å². The van der Waals surface area contributed by atoms with Crippen molar-refractivity contribution in [2.45, 2.75) is 119 Å². The van der Waals surface area contributed by atoms with Gasteiger partial charge in [0, 0.05) is 31.0 Å². The Morgan fingerprint density at radius 1 is 0.732 bits per heavy atom. The van der Waals surface area contributed by atoms with E-state index in [-0.39, 0.29) is 30.2 Å². The first-order valence-electron chi connectivity index (χ1n) is 18.2. The zero-order chi connectivity index (χ0) is 42.1. The summed E-state index contributed by atoms with van der Waals surface area (Å²) in [5.74, 6) is 0.452. The number of anilines is 2. The maximum absolute atomic E-state index is 11.8. The second kappa shape index (κ2) is 18.8. The van der Waals surface area contributed by atoms with Gasteiger partial charge in [0.15, 0.2) is 0 Å². The Morgan fingerprint density at radius 2 is 1.20 bits per heavy atom. The normalized spacial score (nSPS) is 14.3. The molecule has 16 heteroatoms. The second-order valence-electron chi connectivity index (χ2n) is 16.2. The van der Waals surface area contributed by atoms with Gasteiger partial charge in [-0.15, -0.1) is 0 Å². The number of carbonyl (C=O) groups excluding carboxylic acids is 2. The summed E-state index contributed by atoms with van der Waals surface area (Å²) in [7, 11) is -0.378. The Hall–Kier alpha value is -4.99. The highest BCUT2D eigenvalue weighted by Gasteiger charge is 2.51. The van der Waals surface area contributed by atoms with Gasteiger partial charge >= 0.3 is 19.3 Å². The first-order valence-corrected chi connectivity index (χ1v) is 18.5. The molecule has 0 atom stereocenters. The molecule has 1 fully saturated rings. The third kappa shape index (κ3) is 14.6. The van der Waals surface area contributed by atoms with Gasteiger partial charge in [-0.3, -0.25) is 0 Å². The van der Waals surface area contributed by atoms with Crippen LogP contribution in [0.1, 0.15) is 91.5 Å². The van der Waals surface area contributed by atoms with Crippen LogP contribution in [0.3, 0.4) is 0 Å². The standard InChI is InChI=1S/C19H30BNO4.C17H22N4O2.C4H4ClN3/c1-13-11-15(20-24-18(5,6)19(7,8)25-20)10-9-14(13)12-21-16(22)23-17(2,3)4;1-11-9-12(14-7-8-19-15(18)21-14)5-6-13(11)10-20-16(22)23-17(2,3)4;5-3-1-2-7-4(6)8-3/h9-11H,12H2,1-8H3,(H,21,22);5-9H,10H2,1-4H3,(H,20,22)(H2,18,19,21);1-2H,(H2,6,7,8). The number of hydrogen-bond donors (Lipinski definition) is 4. The van der Waals surface area contributed by atoms with E-state index in [2.05, 4.69) is 30.6 Å². The van der Waals surface area contributed by atoms with Crippen LogP contribution in [0.4, 0.5) is 21.5 Å². The van der Waals surface area contributed by atoms with Gasteiger partial charge in [0.2, 0.25) is 11.9 Å². The molecule has 2 aromatic heterocycles. The molecule has 1 aliphatic heterocycles. The van der Waals surface area contributed by atoms with Crippen molar-refractivity contribution >= 4 is 48.3 Å². The van der Waals surface area contributed by atoms with E-state index in [1.165, 1.54) is 6.20 Å². The number of amides is 2. The quantitative estimate of drug-likeness (QED) is 0.114. The molecule has 0 bridgehead atoms. The van der Waals surface area contributed by atoms with Crippen LogP contribution in [-0.4, -0.2) is 61.6 Å². The van der Waals surface area contributed by atoms with Gasteiger partial charge in [-0.2, -0.15) is 0 Å². The minimum atomic E-state index is -0.504. The number of hydrogen-bond acceptors (Lipinski definition) is 12. The van der Waals surface area contributed by atoms with E-state index < -0.39 is 23.4 Å². The number of aromatic nitrogens is 4. The largest absolute Gasteiger partial charge is 0.494 e. The summed E-state index contributed by atoms with van der Waals surface area (Å²) >= 11 is 5.41. The summed E-state index contributed by atoms with van der Waals surface area (Å²) in [5.41, 5.74) is 15.9. The molecule has 1 saturated heterocycles. The molecular weight excluding hydrogens is 735 g/mol. The Balaban J connectivity index is 0.000000251. The van der Waals surface area contributed by atoms with E-state index in [4.69, 9.17) is 41.9 Å². The van der Waals surface area contributed by atoms with Crippen LogP contribution in [0, 0.1) is 13.8 Å². The lowest BCUT2D eigenvalue weighted by atomic mass is 9.78. The van der Waals surface area contributed by atoms with Gasteiger partial charge in [0.05, 0.1) is 16.9 Å². The van der Waals surface area contributed by atoms with Crippen LogP contribution in [0.25, 0.3) is 11.3 Å². The molecule has 56 heavy (non-hydrogen) atoms. The zero-order valence-electron chi connectivity index (χ0n) is 34.5. The van der Waals surface area contributed by atoms with Crippen molar-refractivity contribution in [2.75, 3.05) is 11.5 Å². The molecule has 0 saturated carbocycles. The summed E-state index contributed by atoms with van der Waals surface area (Å²) < 4.78 is 22.7. The van der Waals surface area contributed by atoms with Gasteiger partial charge in [0.25, 0.3) is 0 Å². The van der Waals surface area contributed by atoms with Crippen LogP contribution in [-0.2, 0) is 31.9 Å². The number of benzene rings is 2. The molecule has 14 nitrogen and oxygen atoms in total. The molecule has 4 aromatic rings. The fraction of sp³-hybridized carbons (Fsp3) is 0.450. The number of nitrogen functional groups attached to an aromatic ring is 2. The molecule has 0 radical (unpaired) electrons. The van der Waals surface area contributed by atoms with Crippen molar-refractivity contribution in [1.29, 1.82) is 0 Å². The lowest BCUT2D eigenvalue weighted by molar-refractivity contribution is 0.00578. The molecule has 0 aliphatic carbocycles. The minimum absolute atomic E-state index is 0.206. The van der Waals surface area contributed by atoms with E-state index >= 15 is 0 Å². The third-order valence-electron chi connectivity index (χ3n) is 8.49. The van der Waals surface area contributed by atoms with Crippen molar-refractivity contribution in [3.8, 4) is 11.3 Å². The van der Waals surface area contributed by atoms with E-state index in [1.807, 2.05) is 126 Å². The molecule has 2 aromatic carbocycles. The molecular formula is C40H56BClN8O6. The van der Waals surface area contributed by atoms with Crippen LogP contribution >= 0.6 is 11.6 Å². The molecule has 5 rings (SSSR count). The fourth-order valence-corrected chi connectivity index (χ4v) is 5.09. The van der Waals surface area contributed by atoms with E-state index in [9.17, 15) is 9.59 Å². The van der Waals surface area contributed by atoms with E-state index in [0.29, 0.717) is 18.2 Å². The van der Waals surface area contributed by atoms with Gasteiger partial charge in [-0.05, 0) is 129 Å². The first kappa shape index (κ1) is 45.4. The second-order valence-corrected chi connectivity index (χ2v) is 16.6. The lowest BCUT2D eigenvalue weighted by Gasteiger charge is -2.32. The molecule has 6 N–H and O–H groups in total. The number of nitrogens with two attached hydrogens (primary N) is 2. The highest BCUT2D eigenvalue weighted by atomic mass is 35.5. The molecule has 0 unspecified atom stereocenters. The highest BCUT2D eigenvalue weighted by molar-refractivity contribution is 6.62. The minimum Gasteiger partial charge on any atom is -0.444 e. The Labute approximate surface area is 336 Å². The average molecular weight is 791 g/mol. The first-order chi connectivity index (χ1) is 25.8. The fourth-order valence-electron chi connectivity index (χ4n) is 4.95. The number of nitrogens with zero attached hydrogens (tertiary/aromatic N) is 4. The van der Waals surface area contributed by atoms with E-state index in [0.717, 1.165) is 39.0 Å². The maximum Gasteiger partial charge on any atom is 0.494 e. The molecule has 3 heterocycles. The smallest absolute Gasteiger partial charge is 0.444 e. The number of ether oxygens (including phenoxy) is 2. The zero-order valence-corrected chi connectivity index (χ0v) is 35.3. The third-order valence-corrected chi connectivity index (χ3v) is 8.70. The Morgan fingerprint density at radius 3 is 1.61 bits per heavy atom. The van der Waals surface area contributed by atoms with Crippen LogP contribution in [0.2, 0.25) is 5.15 Å². The van der Waals surface area contributed by atoms with Crippen LogP contribution in [0.5, 0.6) is 0 Å². The molecule has 0 spiro atoms. The van der Waals surface area contributed by atoms with Gasteiger partial charge < -0.3 is 40.9 Å². The number of carbonyl (C=O) groups is 2. The van der Waals surface area contributed by atoms with Gasteiger partial charge in [0.1, 0.15) is 16.4 Å². The van der Waals surface area contributed by atoms with Crippen LogP contribution in [0.15, 0.2) is 60.9 Å². The summed E-state index contributed by atoms with van der Waals surface area (Å²) in [6, 6.07) is 15.3. The predicted octanol–water partition coefficient (Wildman–Crippen LogP) is 7.09. The maximum atomic E-state index is 11.8.